The Morgan fingerprint density at radius 1 is 1.13 bits per heavy atom. The summed E-state index contributed by atoms with van der Waals surface area (Å²) in [7, 11) is -3.07. The molecule has 0 rings (SSSR count). The Bertz CT molecular complexity index is 205. The summed E-state index contributed by atoms with van der Waals surface area (Å²) in [5.74, 6) is 0. The third-order valence-corrected chi connectivity index (χ3v) is 5.15. The quantitative estimate of drug-likeness (QED) is 0.549. The Hall–Kier alpha value is 0.500. The molecule has 15 heavy (non-hydrogen) atoms. The molecule has 0 aromatic rings. The number of rotatable bonds is 7. The summed E-state index contributed by atoms with van der Waals surface area (Å²) >= 11 is 4.33. The van der Waals surface area contributed by atoms with Gasteiger partial charge in [0.1, 0.15) is 4.99 Å². The molecule has 5 heteroatoms. The van der Waals surface area contributed by atoms with Crippen LogP contribution in [-0.4, -0.2) is 17.2 Å². The van der Waals surface area contributed by atoms with Crippen LogP contribution in [0.5, 0.6) is 0 Å². The molecule has 3 nitrogen and oxygen atoms in total. The Labute approximate surface area is 98.9 Å². The van der Waals surface area contributed by atoms with Crippen molar-refractivity contribution in [2.24, 2.45) is 0 Å². The Morgan fingerprint density at radius 2 is 1.53 bits per heavy atom. The zero-order valence-corrected chi connectivity index (χ0v) is 12.1. The first kappa shape index (κ1) is 15.5. The van der Waals surface area contributed by atoms with Gasteiger partial charge < -0.3 is 9.05 Å². The smallest absolute Gasteiger partial charge is 0.305 e. The van der Waals surface area contributed by atoms with Crippen molar-refractivity contribution in [3.05, 3.63) is 0 Å². The Morgan fingerprint density at radius 3 is 1.80 bits per heavy atom. The lowest BCUT2D eigenvalue weighted by Gasteiger charge is -2.26. The standard InChI is InChI=1S/C10H23O3PS/c1-6-7-10(15)14(11,12-8(2)3)13-9(4)5/h8-10,15H,6-7H2,1-5H3/t10-/m1/s1. The van der Waals surface area contributed by atoms with Crippen molar-refractivity contribution in [1.29, 1.82) is 0 Å². The molecule has 0 saturated carbocycles. The molecule has 0 unspecified atom stereocenters. The predicted molar refractivity (Wildman–Crippen MR) is 67.7 cm³/mol. The molecule has 0 N–H and O–H groups in total. The number of hydrogen-bond acceptors (Lipinski definition) is 4. The molecule has 0 saturated heterocycles. The van der Waals surface area contributed by atoms with Crippen LogP contribution in [0.4, 0.5) is 0 Å². The maximum Gasteiger partial charge on any atom is 0.343 e. The molecule has 0 fully saturated rings. The van der Waals surface area contributed by atoms with E-state index < -0.39 is 7.60 Å². The highest BCUT2D eigenvalue weighted by atomic mass is 32.1. The molecule has 0 spiro atoms. The zero-order chi connectivity index (χ0) is 12.1. The molecule has 0 bridgehead atoms. The van der Waals surface area contributed by atoms with Crippen molar-refractivity contribution < 1.29 is 13.6 Å². The molecule has 0 radical (unpaired) electrons. The van der Waals surface area contributed by atoms with Gasteiger partial charge in [-0.15, -0.1) is 0 Å². The van der Waals surface area contributed by atoms with Gasteiger partial charge in [0.15, 0.2) is 0 Å². The van der Waals surface area contributed by atoms with Crippen molar-refractivity contribution in [2.75, 3.05) is 0 Å². The van der Waals surface area contributed by atoms with E-state index in [4.69, 9.17) is 9.05 Å². The van der Waals surface area contributed by atoms with E-state index in [0.29, 0.717) is 0 Å². The van der Waals surface area contributed by atoms with Gasteiger partial charge in [-0.25, -0.2) is 0 Å². The molecule has 92 valence electrons. The van der Waals surface area contributed by atoms with Crippen LogP contribution < -0.4 is 0 Å². The van der Waals surface area contributed by atoms with Crippen molar-refractivity contribution in [1.82, 2.24) is 0 Å². The van der Waals surface area contributed by atoms with E-state index in [1.54, 1.807) is 0 Å². The van der Waals surface area contributed by atoms with Crippen LogP contribution in [0, 0.1) is 0 Å². The second kappa shape index (κ2) is 6.95. The molecule has 1 atom stereocenters. The van der Waals surface area contributed by atoms with Crippen LogP contribution in [0.15, 0.2) is 0 Å². The zero-order valence-electron chi connectivity index (χ0n) is 10.3. The SMILES string of the molecule is CCC[C@@H](S)P(=O)(OC(C)C)OC(C)C. The molecule has 0 aliphatic heterocycles. The highest BCUT2D eigenvalue weighted by Gasteiger charge is 2.34. The average Bonchev–Trinajstić information content (AvgIpc) is 2.01. The predicted octanol–water partition coefficient (Wildman–Crippen LogP) is 4.09. The van der Waals surface area contributed by atoms with E-state index in [-0.39, 0.29) is 17.2 Å². The van der Waals surface area contributed by atoms with Gasteiger partial charge in [0, 0.05) is 0 Å². The molecular formula is C10H23O3PS. The van der Waals surface area contributed by atoms with Gasteiger partial charge in [0.25, 0.3) is 0 Å². The third kappa shape index (κ3) is 5.96. The van der Waals surface area contributed by atoms with E-state index in [1.807, 2.05) is 34.6 Å². The molecule has 0 aromatic heterocycles. The van der Waals surface area contributed by atoms with Gasteiger partial charge in [0.05, 0.1) is 12.2 Å². The minimum absolute atomic E-state index is 0.110. The lowest BCUT2D eigenvalue weighted by molar-refractivity contribution is 0.140. The summed E-state index contributed by atoms with van der Waals surface area (Å²) in [6.45, 7) is 9.43. The highest BCUT2D eigenvalue weighted by molar-refractivity contribution is 7.89. The van der Waals surface area contributed by atoms with E-state index in [1.165, 1.54) is 0 Å². The van der Waals surface area contributed by atoms with E-state index in [9.17, 15) is 4.57 Å². The van der Waals surface area contributed by atoms with Crippen LogP contribution in [0.3, 0.4) is 0 Å². The maximum atomic E-state index is 12.4. The fourth-order valence-electron chi connectivity index (χ4n) is 1.17. The summed E-state index contributed by atoms with van der Waals surface area (Å²) in [6.07, 6.45) is 1.43. The first-order valence-electron chi connectivity index (χ1n) is 5.46. The second-order valence-electron chi connectivity index (χ2n) is 4.12. The molecular weight excluding hydrogens is 231 g/mol. The van der Waals surface area contributed by atoms with Gasteiger partial charge in [-0.1, -0.05) is 13.3 Å². The Balaban J connectivity index is 4.60. The van der Waals surface area contributed by atoms with Gasteiger partial charge in [-0.05, 0) is 34.1 Å². The van der Waals surface area contributed by atoms with Crippen LogP contribution in [-0.2, 0) is 13.6 Å². The van der Waals surface area contributed by atoms with Crippen LogP contribution in [0.1, 0.15) is 47.5 Å². The van der Waals surface area contributed by atoms with Gasteiger partial charge in [-0.2, -0.15) is 12.6 Å². The number of thiol groups is 1. The topological polar surface area (TPSA) is 35.5 Å². The highest BCUT2D eigenvalue weighted by Crippen LogP contribution is 2.57. The van der Waals surface area contributed by atoms with E-state index in [2.05, 4.69) is 12.6 Å². The van der Waals surface area contributed by atoms with Crippen molar-refractivity contribution in [3.8, 4) is 0 Å². The second-order valence-corrected chi connectivity index (χ2v) is 7.27. The lowest BCUT2D eigenvalue weighted by atomic mass is 10.4. The summed E-state index contributed by atoms with van der Waals surface area (Å²) in [5, 5.41) is 0. The van der Waals surface area contributed by atoms with Crippen LogP contribution in [0.2, 0.25) is 0 Å². The van der Waals surface area contributed by atoms with E-state index in [0.717, 1.165) is 12.8 Å². The van der Waals surface area contributed by atoms with Crippen LogP contribution in [0.25, 0.3) is 0 Å². The first-order chi connectivity index (χ1) is 6.81. The normalized spacial score (nSPS) is 14.9. The molecule has 0 heterocycles. The monoisotopic (exact) mass is 254 g/mol. The lowest BCUT2D eigenvalue weighted by Crippen LogP contribution is -2.14. The maximum absolute atomic E-state index is 12.4. The summed E-state index contributed by atoms with van der Waals surface area (Å²) < 4.78 is 23.2. The van der Waals surface area contributed by atoms with Gasteiger partial charge >= 0.3 is 7.60 Å². The minimum Gasteiger partial charge on any atom is -0.305 e. The summed E-state index contributed by atoms with van der Waals surface area (Å²) in [5.41, 5.74) is 0. The fourth-order valence-corrected chi connectivity index (χ4v) is 3.83. The van der Waals surface area contributed by atoms with Crippen molar-refractivity contribution in [2.45, 2.75) is 64.7 Å². The molecule has 0 aromatic carbocycles. The summed E-state index contributed by atoms with van der Waals surface area (Å²) in [4.78, 5) is -0.327. The first-order valence-corrected chi connectivity index (χ1v) is 7.59. The molecule has 0 aliphatic rings. The largest absolute Gasteiger partial charge is 0.343 e. The van der Waals surface area contributed by atoms with Crippen LogP contribution >= 0.6 is 20.2 Å². The molecule has 0 aliphatic carbocycles. The average molecular weight is 254 g/mol. The number of hydrogen-bond donors (Lipinski definition) is 1. The Kier molecular flexibility index (Phi) is 7.18. The van der Waals surface area contributed by atoms with Crippen molar-refractivity contribution in [3.63, 3.8) is 0 Å². The minimum atomic E-state index is -3.07. The van der Waals surface area contributed by atoms with E-state index >= 15 is 0 Å². The third-order valence-electron chi connectivity index (χ3n) is 1.63. The molecule has 0 amide bonds. The summed E-state index contributed by atoms with van der Waals surface area (Å²) in [6, 6.07) is 0. The van der Waals surface area contributed by atoms with Crippen molar-refractivity contribution >= 4 is 20.2 Å². The fraction of sp³-hybridized carbons (Fsp3) is 1.00. The van der Waals surface area contributed by atoms with Gasteiger partial charge in [0.2, 0.25) is 0 Å². The van der Waals surface area contributed by atoms with Gasteiger partial charge in [-0.3, -0.25) is 4.57 Å².